The molecule has 1 radical (unpaired) electrons. The Morgan fingerprint density at radius 2 is 1.57 bits per heavy atom. The molecule has 0 fully saturated rings. The van der Waals surface area contributed by atoms with E-state index in [1.165, 1.54) is 37.5 Å². The van der Waals surface area contributed by atoms with Crippen molar-refractivity contribution in [3.63, 3.8) is 0 Å². The molecule has 287 valence electrons. The molecule has 1 N–H and O–H groups in total. The average molecular weight is 925 g/mol. The van der Waals surface area contributed by atoms with Gasteiger partial charge in [-0.3, -0.25) is 9.78 Å². The normalized spacial score (nSPS) is 13.7. The van der Waals surface area contributed by atoms with Crippen molar-refractivity contribution < 1.29 is 47.6 Å². The minimum atomic E-state index is -4.29. The standard InChI is InChI=1S/C33H30F4NS.C11H20O2.Ir/c1-19-27-26(34)18-38-28(23-15-22-9-7-8-10-24(22)25(16-23)31(2,3)4)30(27)39-29(19)21-13-11-20(12-14-21)17-32(5,6)33(35,36)37;1-5-8(3)10(12)7-11(13)9(4)6-2;/h7-14,16,18H,17H2,1-6H3;7-9,12H,5-6H2,1-4H3;/q-1;;/b;10-7-;. The molecular weight excluding hydrogens is 875 g/mol. The molecule has 0 saturated heterocycles. The molecule has 2 atom stereocenters. The van der Waals surface area contributed by atoms with Crippen LogP contribution >= 0.6 is 11.3 Å². The second-order valence-electron chi connectivity index (χ2n) is 15.5. The molecule has 0 aliphatic heterocycles. The van der Waals surface area contributed by atoms with E-state index in [1.54, 1.807) is 12.1 Å². The minimum Gasteiger partial charge on any atom is -0.512 e. The molecule has 5 rings (SSSR count). The number of rotatable bonds is 9. The van der Waals surface area contributed by atoms with Crippen molar-refractivity contribution in [3.05, 3.63) is 101 Å². The summed E-state index contributed by atoms with van der Waals surface area (Å²) in [5.74, 6) is -0.0403. The molecule has 0 amide bonds. The number of aliphatic hydroxyl groups is 1. The maximum Gasteiger partial charge on any atom is 0.394 e. The second kappa shape index (κ2) is 17.4. The molecule has 0 bridgehead atoms. The summed E-state index contributed by atoms with van der Waals surface area (Å²) in [6.45, 7) is 18.5. The summed E-state index contributed by atoms with van der Waals surface area (Å²) in [6.07, 6.45) is -0.0784. The summed E-state index contributed by atoms with van der Waals surface area (Å²) < 4.78 is 56.1. The van der Waals surface area contributed by atoms with Gasteiger partial charge < -0.3 is 5.11 Å². The van der Waals surface area contributed by atoms with E-state index in [4.69, 9.17) is 0 Å². The fraction of sp³-hybridized carbons (Fsp3) is 0.409. The van der Waals surface area contributed by atoms with Crippen LogP contribution in [-0.2, 0) is 36.7 Å². The van der Waals surface area contributed by atoms with Crippen LogP contribution in [0.15, 0.2) is 72.6 Å². The number of carbonyl (C=O) groups excluding carboxylic acids is 1. The van der Waals surface area contributed by atoms with Gasteiger partial charge in [-0.25, -0.2) is 4.39 Å². The molecule has 0 saturated carbocycles. The van der Waals surface area contributed by atoms with E-state index < -0.39 is 17.4 Å². The van der Waals surface area contributed by atoms with Gasteiger partial charge in [-0.2, -0.15) is 13.2 Å². The van der Waals surface area contributed by atoms with E-state index in [9.17, 15) is 23.1 Å². The van der Waals surface area contributed by atoms with E-state index in [0.717, 1.165) is 55.4 Å². The summed E-state index contributed by atoms with van der Waals surface area (Å²) >= 11 is 1.45. The molecule has 2 heterocycles. The molecule has 3 aromatic carbocycles. The number of aromatic nitrogens is 1. The molecule has 53 heavy (non-hydrogen) atoms. The maximum absolute atomic E-state index is 15.2. The fourth-order valence-electron chi connectivity index (χ4n) is 5.88. The van der Waals surface area contributed by atoms with Gasteiger partial charge >= 0.3 is 6.18 Å². The van der Waals surface area contributed by atoms with E-state index in [2.05, 4.69) is 44.0 Å². The first kappa shape index (κ1) is 44.0. The molecule has 2 aromatic heterocycles. The Kier molecular flexibility index (Phi) is 14.4. The topological polar surface area (TPSA) is 50.2 Å². The summed E-state index contributed by atoms with van der Waals surface area (Å²) in [4.78, 5) is 16.8. The fourth-order valence-corrected chi connectivity index (χ4v) is 7.21. The number of aryl methyl sites for hydroxylation is 1. The van der Waals surface area contributed by atoms with Crippen molar-refractivity contribution in [2.45, 2.75) is 100 Å². The zero-order valence-corrected chi connectivity index (χ0v) is 35.4. The number of halogens is 4. The maximum atomic E-state index is 15.2. The Balaban J connectivity index is 0.000000464. The number of ketones is 1. The van der Waals surface area contributed by atoms with Crippen molar-refractivity contribution in [3.8, 4) is 21.7 Å². The first-order valence-electron chi connectivity index (χ1n) is 17.8. The van der Waals surface area contributed by atoms with Crippen LogP contribution < -0.4 is 0 Å². The predicted octanol–water partition coefficient (Wildman–Crippen LogP) is 13.5. The minimum absolute atomic E-state index is 0. The zero-order valence-electron chi connectivity index (χ0n) is 32.2. The van der Waals surface area contributed by atoms with Crippen LogP contribution in [0.3, 0.4) is 0 Å². The number of nitrogens with zero attached hydrogens (tertiary/aromatic N) is 1. The monoisotopic (exact) mass is 925 g/mol. The third kappa shape index (κ3) is 10.0. The van der Waals surface area contributed by atoms with Gasteiger partial charge in [0.2, 0.25) is 0 Å². The predicted molar refractivity (Wildman–Crippen MR) is 208 cm³/mol. The number of thiophene rings is 1. The molecule has 0 aliphatic rings. The van der Waals surface area contributed by atoms with Crippen LogP contribution in [0.25, 0.3) is 42.6 Å². The van der Waals surface area contributed by atoms with Gasteiger partial charge in [-0.15, -0.1) is 40.5 Å². The van der Waals surface area contributed by atoms with Crippen molar-refractivity contribution >= 4 is 38.0 Å². The Hall–Kier alpha value is -3.39. The van der Waals surface area contributed by atoms with Gasteiger partial charge in [0.25, 0.3) is 0 Å². The van der Waals surface area contributed by atoms with Gasteiger partial charge in [-0.1, -0.05) is 116 Å². The van der Waals surface area contributed by atoms with Gasteiger partial charge in [0.15, 0.2) is 5.78 Å². The van der Waals surface area contributed by atoms with E-state index in [1.807, 2.05) is 65.0 Å². The van der Waals surface area contributed by atoms with Gasteiger partial charge in [-0.05, 0) is 48.3 Å². The number of carbonyl (C=O) groups is 1. The quantitative estimate of drug-likeness (QED) is 0.0693. The third-order valence-electron chi connectivity index (χ3n) is 9.88. The van der Waals surface area contributed by atoms with Gasteiger partial charge in [0.05, 0.1) is 17.4 Å². The first-order valence-corrected chi connectivity index (χ1v) is 18.7. The van der Waals surface area contributed by atoms with E-state index in [-0.39, 0.29) is 55.3 Å². The second-order valence-corrected chi connectivity index (χ2v) is 16.5. The number of benzene rings is 3. The number of fused-ring (bicyclic) bond motifs is 2. The SMILES string of the molecule is CCC(C)C(=O)/C=C(\O)C(C)CC.Cc1c(-c2ccc(CC(C)(C)C(F)(F)F)cc2)sc2c(-c3[c-]c4ccccc4c(C(C)(C)C)c3)ncc(F)c12.[Ir]. The van der Waals surface area contributed by atoms with Crippen molar-refractivity contribution in [2.24, 2.45) is 17.3 Å². The van der Waals surface area contributed by atoms with Crippen LogP contribution in [0.1, 0.15) is 91.8 Å². The number of allylic oxidation sites excluding steroid dienone is 2. The molecule has 0 aliphatic carbocycles. The molecule has 0 spiro atoms. The largest absolute Gasteiger partial charge is 0.512 e. The number of alkyl halides is 3. The number of hydrogen-bond acceptors (Lipinski definition) is 4. The Labute approximate surface area is 329 Å². The zero-order chi connectivity index (χ0) is 38.8. The molecular formula is C44H50F4IrNO2S-. The Morgan fingerprint density at radius 3 is 2.13 bits per heavy atom. The van der Waals surface area contributed by atoms with Crippen LogP contribution in [0, 0.1) is 36.1 Å². The molecule has 9 heteroatoms. The Bertz CT molecular complexity index is 2070. The van der Waals surface area contributed by atoms with Crippen LogP contribution in [0.5, 0.6) is 0 Å². The summed E-state index contributed by atoms with van der Waals surface area (Å²) in [6, 6.07) is 20.8. The summed E-state index contributed by atoms with van der Waals surface area (Å²) in [5, 5.41) is 12.1. The molecule has 3 nitrogen and oxygen atoms in total. The summed E-state index contributed by atoms with van der Waals surface area (Å²) in [7, 11) is 0. The molecule has 2 unspecified atom stereocenters. The van der Waals surface area contributed by atoms with Crippen LogP contribution in [-0.4, -0.2) is 22.1 Å². The van der Waals surface area contributed by atoms with Crippen molar-refractivity contribution in [2.75, 3.05) is 0 Å². The first-order chi connectivity index (χ1) is 24.2. The smallest absolute Gasteiger partial charge is 0.394 e. The van der Waals surface area contributed by atoms with Crippen LogP contribution in [0.2, 0.25) is 0 Å². The third-order valence-corrected chi connectivity index (χ3v) is 11.2. The van der Waals surface area contributed by atoms with E-state index >= 15 is 4.39 Å². The van der Waals surface area contributed by atoms with Crippen LogP contribution in [0.4, 0.5) is 17.6 Å². The number of hydrogen-bond donors (Lipinski definition) is 1. The Morgan fingerprint density at radius 1 is 0.962 bits per heavy atom. The summed E-state index contributed by atoms with van der Waals surface area (Å²) in [5.41, 5.74) is 2.93. The number of pyridine rings is 1. The van der Waals surface area contributed by atoms with E-state index in [0.29, 0.717) is 16.6 Å². The number of aliphatic hydroxyl groups excluding tert-OH is 1. The average Bonchev–Trinajstić information content (AvgIpc) is 3.44. The van der Waals surface area contributed by atoms with Crippen molar-refractivity contribution in [1.82, 2.24) is 4.98 Å². The van der Waals surface area contributed by atoms with Crippen molar-refractivity contribution in [1.29, 1.82) is 0 Å². The van der Waals surface area contributed by atoms with Gasteiger partial charge in [0.1, 0.15) is 5.82 Å². The van der Waals surface area contributed by atoms with Gasteiger partial charge in [0, 0.05) is 58.7 Å². The molecule has 5 aromatic rings.